The Hall–Kier alpha value is -3.29. The second kappa shape index (κ2) is 8.68. The SMILES string of the molecule is CC/C(=C\C(C)n1cnc(C2CC2)c1)C(=O)Nc1cccc(-c2nnc3n2CCCC3)n1. The third-order valence-electron chi connectivity index (χ3n) is 6.28. The molecule has 1 unspecified atom stereocenters. The minimum absolute atomic E-state index is 0.0532. The highest BCUT2D eigenvalue weighted by Crippen LogP contribution is 2.39. The van der Waals surface area contributed by atoms with E-state index in [2.05, 4.69) is 47.7 Å². The number of carbonyl (C=O) groups is 1. The van der Waals surface area contributed by atoms with Crippen LogP contribution < -0.4 is 5.32 Å². The minimum Gasteiger partial charge on any atom is -0.331 e. The highest BCUT2D eigenvalue weighted by molar-refractivity contribution is 6.03. The van der Waals surface area contributed by atoms with Crippen LogP contribution >= 0.6 is 0 Å². The van der Waals surface area contributed by atoms with E-state index >= 15 is 0 Å². The number of carbonyl (C=O) groups excluding carboxylic acids is 1. The van der Waals surface area contributed by atoms with E-state index < -0.39 is 0 Å². The van der Waals surface area contributed by atoms with Crippen LogP contribution in [0.2, 0.25) is 0 Å². The van der Waals surface area contributed by atoms with Crippen LogP contribution in [0, 0.1) is 0 Å². The van der Waals surface area contributed by atoms with Gasteiger partial charge in [-0.25, -0.2) is 9.97 Å². The van der Waals surface area contributed by atoms with Gasteiger partial charge in [0.2, 0.25) is 0 Å². The Labute approximate surface area is 187 Å². The number of hydrogen-bond acceptors (Lipinski definition) is 5. The van der Waals surface area contributed by atoms with Gasteiger partial charge in [0.1, 0.15) is 17.3 Å². The molecular formula is C24H29N7O. The fourth-order valence-corrected chi connectivity index (χ4v) is 4.22. The van der Waals surface area contributed by atoms with E-state index in [9.17, 15) is 4.79 Å². The van der Waals surface area contributed by atoms with Gasteiger partial charge in [0.05, 0.1) is 18.1 Å². The standard InChI is InChI=1S/C24H29N7O/c1-3-17(13-16(2)30-14-20(25-15-30)18-10-11-18)24(32)27-21-8-6-7-19(26-21)23-29-28-22-9-4-5-12-31(22)23/h6-8,13-16,18H,3-5,9-12H2,1-2H3,(H,26,27,32)/b17-13+. The normalized spacial score (nSPS) is 17.1. The fraction of sp³-hybridized carbons (Fsp3) is 0.458. The number of nitrogens with zero attached hydrogens (tertiary/aromatic N) is 6. The molecule has 1 N–H and O–H groups in total. The van der Waals surface area contributed by atoms with Crippen molar-refractivity contribution in [3.63, 3.8) is 0 Å². The summed E-state index contributed by atoms with van der Waals surface area (Å²) in [5.74, 6) is 2.79. The molecule has 32 heavy (non-hydrogen) atoms. The number of anilines is 1. The predicted octanol–water partition coefficient (Wildman–Crippen LogP) is 4.29. The molecule has 4 heterocycles. The van der Waals surface area contributed by atoms with Crippen LogP contribution in [-0.4, -0.2) is 35.2 Å². The van der Waals surface area contributed by atoms with Gasteiger partial charge in [0.25, 0.3) is 5.91 Å². The van der Waals surface area contributed by atoms with E-state index in [1.165, 1.54) is 12.8 Å². The van der Waals surface area contributed by atoms with Gasteiger partial charge in [-0.05, 0) is 51.2 Å². The fourth-order valence-electron chi connectivity index (χ4n) is 4.22. The zero-order valence-corrected chi connectivity index (χ0v) is 18.7. The van der Waals surface area contributed by atoms with E-state index in [1.807, 2.05) is 37.5 Å². The second-order valence-corrected chi connectivity index (χ2v) is 8.72. The molecule has 1 aliphatic carbocycles. The lowest BCUT2D eigenvalue weighted by atomic mass is 10.1. The first-order valence-corrected chi connectivity index (χ1v) is 11.6. The van der Waals surface area contributed by atoms with Gasteiger partial charge in [-0.3, -0.25) is 4.79 Å². The van der Waals surface area contributed by atoms with Crippen LogP contribution in [-0.2, 0) is 17.8 Å². The van der Waals surface area contributed by atoms with Crippen molar-refractivity contribution < 1.29 is 4.79 Å². The molecule has 0 aromatic carbocycles. The summed E-state index contributed by atoms with van der Waals surface area (Å²) in [6, 6.07) is 5.67. The largest absolute Gasteiger partial charge is 0.331 e. The number of allylic oxidation sites excluding steroid dienone is 1. The van der Waals surface area contributed by atoms with Crippen molar-refractivity contribution in [1.82, 2.24) is 29.3 Å². The number of imidazole rings is 1. The molecule has 1 amide bonds. The van der Waals surface area contributed by atoms with Crippen molar-refractivity contribution >= 4 is 11.7 Å². The number of aromatic nitrogens is 6. The van der Waals surface area contributed by atoms with Crippen molar-refractivity contribution in [3.8, 4) is 11.5 Å². The lowest BCUT2D eigenvalue weighted by molar-refractivity contribution is -0.113. The lowest BCUT2D eigenvalue weighted by Crippen LogP contribution is -2.17. The Morgan fingerprint density at radius 3 is 2.97 bits per heavy atom. The van der Waals surface area contributed by atoms with E-state index in [0.29, 0.717) is 18.2 Å². The van der Waals surface area contributed by atoms with Gasteiger partial charge < -0.3 is 14.5 Å². The number of fused-ring (bicyclic) bond motifs is 1. The van der Waals surface area contributed by atoms with E-state index in [4.69, 9.17) is 0 Å². The molecule has 8 nitrogen and oxygen atoms in total. The van der Waals surface area contributed by atoms with Crippen LogP contribution in [0.3, 0.4) is 0 Å². The van der Waals surface area contributed by atoms with Crippen molar-refractivity contribution in [1.29, 1.82) is 0 Å². The smallest absolute Gasteiger partial charge is 0.252 e. The average Bonchev–Trinajstić information content (AvgIpc) is 3.38. The summed E-state index contributed by atoms with van der Waals surface area (Å²) in [6.07, 6.45) is 12.3. The summed E-state index contributed by atoms with van der Waals surface area (Å²) in [5, 5.41) is 11.6. The molecule has 0 spiro atoms. The second-order valence-electron chi connectivity index (χ2n) is 8.72. The molecule has 3 aromatic rings. The highest BCUT2D eigenvalue weighted by atomic mass is 16.1. The lowest BCUT2D eigenvalue weighted by Gasteiger charge is -2.15. The first-order chi connectivity index (χ1) is 15.6. The maximum atomic E-state index is 13.0. The molecule has 0 saturated heterocycles. The molecule has 1 aliphatic heterocycles. The zero-order valence-electron chi connectivity index (χ0n) is 18.7. The highest BCUT2D eigenvalue weighted by Gasteiger charge is 2.26. The van der Waals surface area contributed by atoms with Crippen LogP contribution in [0.15, 0.2) is 42.4 Å². The molecule has 8 heteroatoms. The van der Waals surface area contributed by atoms with Crippen molar-refractivity contribution in [2.24, 2.45) is 0 Å². The molecule has 3 aromatic heterocycles. The average molecular weight is 432 g/mol. The third-order valence-corrected chi connectivity index (χ3v) is 6.28. The van der Waals surface area contributed by atoms with Gasteiger partial charge in [-0.1, -0.05) is 19.1 Å². The molecule has 1 saturated carbocycles. The van der Waals surface area contributed by atoms with Crippen molar-refractivity contribution in [2.75, 3.05) is 5.32 Å². The van der Waals surface area contributed by atoms with Crippen LogP contribution in [0.4, 0.5) is 5.82 Å². The molecule has 1 fully saturated rings. The summed E-state index contributed by atoms with van der Waals surface area (Å²) >= 11 is 0. The van der Waals surface area contributed by atoms with Crippen LogP contribution in [0.5, 0.6) is 0 Å². The Balaban J connectivity index is 1.31. The molecular weight excluding hydrogens is 402 g/mol. The van der Waals surface area contributed by atoms with Crippen LogP contribution in [0.25, 0.3) is 11.5 Å². The van der Waals surface area contributed by atoms with E-state index in [0.717, 1.165) is 54.4 Å². The number of aryl methyl sites for hydroxylation is 1. The summed E-state index contributed by atoms with van der Waals surface area (Å²) in [7, 11) is 0. The Kier molecular flexibility index (Phi) is 5.59. The quantitative estimate of drug-likeness (QED) is 0.564. The number of nitrogens with one attached hydrogen (secondary N) is 1. The molecule has 166 valence electrons. The van der Waals surface area contributed by atoms with E-state index in [-0.39, 0.29) is 11.9 Å². The Morgan fingerprint density at radius 1 is 1.28 bits per heavy atom. The summed E-state index contributed by atoms with van der Waals surface area (Å²) in [4.78, 5) is 22.2. The zero-order chi connectivity index (χ0) is 22.1. The monoisotopic (exact) mass is 431 g/mol. The summed E-state index contributed by atoms with van der Waals surface area (Å²) in [5.41, 5.74) is 2.61. The number of pyridine rings is 1. The Morgan fingerprint density at radius 2 is 2.16 bits per heavy atom. The molecule has 5 rings (SSSR count). The van der Waals surface area contributed by atoms with Crippen LogP contribution in [0.1, 0.15) is 69.4 Å². The van der Waals surface area contributed by atoms with Crippen molar-refractivity contribution in [2.45, 2.75) is 70.9 Å². The molecule has 0 bridgehead atoms. The van der Waals surface area contributed by atoms with Gasteiger partial charge in [0.15, 0.2) is 5.82 Å². The maximum Gasteiger partial charge on any atom is 0.252 e. The van der Waals surface area contributed by atoms with Gasteiger partial charge in [-0.2, -0.15) is 0 Å². The summed E-state index contributed by atoms with van der Waals surface area (Å²) in [6.45, 7) is 4.98. The number of hydrogen-bond donors (Lipinski definition) is 1. The minimum atomic E-state index is -0.130. The maximum absolute atomic E-state index is 13.0. The number of amides is 1. The molecule has 2 aliphatic rings. The number of rotatable bonds is 7. The summed E-state index contributed by atoms with van der Waals surface area (Å²) < 4.78 is 4.21. The van der Waals surface area contributed by atoms with Crippen molar-refractivity contribution in [3.05, 3.63) is 53.9 Å². The topological polar surface area (TPSA) is 90.5 Å². The molecule has 1 atom stereocenters. The van der Waals surface area contributed by atoms with Gasteiger partial charge in [-0.15, -0.1) is 10.2 Å². The van der Waals surface area contributed by atoms with E-state index in [1.54, 1.807) is 0 Å². The first kappa shape index (κ1) is 20.6. The Bertz CT molecular complexity index is 1150. The van der Waals surface area contributed by atoms with Gasteiger partial charge in [0, 0.05) is 30.7 Å². The first-order valence-electron chi connectivity index (χ1n) is 11.6. The predicted molar refractivity (Wildman–Crippen MR) is 122 cm³/mol. The third kappa shape index (κ3) is 4.22. The van der Waals surface area contributed by atoms with Gasteiger partial charge >= 0.3 is 0 Å². The molecule has 0 radical (unpaired) electrons.